The Kier molecular flexibility index (Phi) is 4.11. The van der Waals surface area contributed by atoms with Gasteiger partial charge in [-0.3, -0.25) is 5.10 Å². The summed E-state index contributed by atoms with van der Waals surface area (Å²) in [6.07, 6.45) is 1.84. The van der Waals surface area contributed by atoms with Crippen LogP contribution >= 0.6 is 0 Å². The van der Waals surface area contributed by atoms with Crippen molar-refractivity contribution in [3.63, 3.8) is 0 Å². The maximum absolute atomic E-state index is 8.65. The predicted octanol–water partition coefficient (Wildman–Crippen LogP) is 2.51. The summed E-state index contributed by atoms with van der Waals surface area (Å²) in [5, 5.41) is 26.2. The molecule has 2 aromatic heterocycles. The Morgan fingerprint density at radius 1 is 1.26 bits per heavy atom. The Morgan fingerprint density at radius 2 is 2.09 bits per heavy atom. The van der Waals surface area contributed by atoms with Crippen molar-refractivity contribution in [2.45, 2.75) is 13.3 Å². The third kappa shape index (κ3) is 3.79. The molecule has 8 nitrogen and oxygen atoms in total. The number of hydrogen-bond donors (Lipinski definition) is 2. The minimum atomic E-state index is 0.121. The van der Waals surface area contributed by atoms with Gasteiger partial charge in [0.2, 0.25) is 0 Å². The zero-order valence-electron chi connectivity index (χ0n) is 12.3. The Morgan fingerprint density at radius 3 is 2.78 bits per heavy atom. The van der Waals surface area contributed by atoms with Crippen LogP contribution in [0.25, 0.3) is 0 Å². The maximum atomic E-state index is 8.65. The van der Waals surface area contributed by atoms with Crippen LogP contribution in [-0.2, 0) is 6.42 Å². The van der Waals surface area contributed by atoms with E-state index in [1.807, 2.05) is 25.1 Å². The zero-order chi connectivity index (χ0) is 16.1. The van der Waals surface area contributed by atoms with Gasteiger partial charge < -0.3 is 10.1 Å². The molecule has 1 aromatic carbocycles. The first-order valence-electron chi connectivity index (χ1n) is 6.85. The lowest BCUT2D eigenvalue weighted by Crippen LogP contribution is -1.99. The summed E-state index contributed by atoms with van der Waals surface area (Å²) in [5.74, 6) is 1.68. The molecule has 0 aliphatic heterocycles. The van der Waals surface area contributed by atoms with Crippen LogP contribution < -0.4 is 10.1 Å². The van der Waals surface area contributed by atoms with Crippen molar-refractivity contribution in [1.29, 1.82) is 5.26 Å². The van der Waals surface area contributed by atoms with E-state index in [4.69, 9.17) is 10.00 Å². The van der Waals surface area contributed by atoms with Gasteiger partial charge in [0.1, 0.15) is 5.75 Å². The first-order chi connectivity index (χ1) is 11.2. The van der Waals surface area contributed by atoms with E-state index in [1.54, 1.807) is 12.1 Å². The van der Waals surface area contributed by atoms with Gasteiger partial charge in [0.05, 0.1) is 18.7 Å². The molecular weight excluding hydrogens is 294 g/mol. The molecule has 3 rings (SSSR count). The lowest BCUT2D eigenvalue weighted by molar-refractivity contribution is 0.434. The van der Waals surface area contributed by atoms with Gasteiger partial charge in [-0.2, -0.15) is 20.4 Å². The van der Waals surface area contributed by atoms with Gasteiger partial charge in [-0.15, -0.1) is 0 Å². The van der Waals surface area contributed by atoms with Crippen molar-refractivity contribution in [2.75, 3.05) is 5.32 Å². The van der Waals surface area contributed by atoms with E-state index in [-0.39, 0.29) is 6.01 Å². The number of nitriles is 1. The zero-order valence-corrected chi connectivity index (χ0v) is 12.3. The fourth-order valence-corrected chi connectivity index (χ4v) is 1.88. The van der Waals surface area contributed by atoms with Crippen LogP contribution in [0.2, 0.25) is 0 Å². The first-order valence-corrected chi connectivity index (χ1v) is 6.85. The molecule has 0 saturated carbocycles. The number of nitrogens with zero attached hydrogens (tertiary/aromatic N) is 5. The Bertz CT molecular complexity index is 836. The van der Waals surface area contributed by atoms with Crippen molar-refractivity contribution < 1.29 is 4.74 Å². The van der Waals surface area contributed by atoms with Crippen molar-refractivity contribution in [2.24, 2.45) is 0 Å². The van der Waals surface area contributed by atoms with Crippen molar-refractivity contribution in [3.8, 4) is 17.8 Å². The molecule has 0 radical (unpaired) electrons. The molecule has 3 aromatic rings. The molecule has 0 atom stereocenters. The average molecular weight is 307 g/mol. The van der Waals surface area contributed by atoms with Gasteiger partial charge in [-0.1, -0.05) is 17.2 Å². The molecule has 114 valence electrons. The second kappa shape index (κ2) is 6.53. The summed E-state index contributed by atoms with van der Waals surface area (Å²) in [6, 6.07) is 11.2. The second-order valence-electron chi connectivity index (χ2n) is 4.77. The van der Waals surface area contributed by atoms with Gasteiger partial charge in [-0.05, 0) is 24.6 Å². The molecule has 0 bridgehead atoms. The van der Waals surface area contributed by atoms with Crippen LogP contribution in [0.3, 0.4) is 0 Å². The van der Waals surface area contributed by atoms with Crippen molar-refractivity contribution >= 4 is 11.6 Å². The fraction of sp³-hybridized carbons (Fsp3) is 0.133. The lowest BCUT2D eigenvalue weighted by atomic mass is 10.2. The van der Waals surface area contributed by atoms with Gasteiger partial charge >= 0.3 is 6.01 Å². The van der Waals surface area contributed by atoms with E-state index in [2.05, 4.69) is 36.8 Å². The summed E-state index contributed by atoms with van der Waals surface area (Å²) in [6.45, 7) is 1.90. The summed E-state index contributed by atoms with van der Waals surface area (Å²) in [4.78, 5) is 4.22. The normalized spacial score (nSPS) is 10.1. The second-order valence-corrected chi connectivity index (χ2v) is 4.77. The van der Waals surface area contributed by atoms with Gasteiger partial charge in [-0.25, -0.2) is 0 Å². The number of ether oxygens (including phenoxy) is 1. The highest BCUT2D eigenvalue weighted by molar-refractivity contribution is 5.50. The number of rotatable bonds is 5. The summed E-state index contributed by atoms with van der Waals surface area (Å²) < 4.78 is 5.56. The van der Waals surface area contributed by atoms with E-state index >= 15 is 0 Å². The van der Waals surface area contributed by atoms with Gasteiger partial charge in [0, 0.05) is 11.8 Å². The number of benzene rings is 1. The Balaban J connectivity index is 1.71. The van der Waals surface area contributed by atoms with Crippen LogP contribution in [-0.4, -0.2) is 25.4 Å². The van der Waals surface area contributed by atoms with Gasteiger partial charge in [0.15, 0.2) is 11.6 Å². The Labute approximate surface area is 132 Å². The SMILES string of the molecule is Cc1cc(Nc2cnnc(Oc3ccc(CC#N)cc3)n2)n[nH]1. The lowest BCUT2D eigenvalue weighted by Gasteiger charge is -2.05. The number of aryl methyl sites for hydroxylation is 1. The van der Waals surface area contributed by atoms with E-state index in [0.29, 0.717) is 23.8 Å². The highest BCUT2D eigenvalue weighted by Crippen LogP contribution is 2.20. The highest BCUT2D eigenvalue weighted by atomic mass is 16.5. The molecular formula is C15H13N7O. The minimum Gasteiger partial charge on any atom is -0.423 e. The summed E-state index contributed by atoms with van der Waals surface area (Å²) in [5.41, 5.74) is 1.85. The number of aromatic amines is 1. The van der Waals surface area contributed by atoms with E-state index in [0.717, 1.165) is 11.3 Å². The molecule has 0 unspecified atom stereocenters. The van der Waals surface area contributed by atoms with Crippen LogP contribution in [0.1, 0.15) is 11.3 Å². The average Bonchev–Trinajstić information content (AvgIpc) is 2.95. The topological polar surface area (TPSA) is 112 Å². The molecule has 0 fully saturated rings. The van der Waals surface area contributed by atoms with Crippen LogP contribution in [0, 0.1) is 18.3 Å². The van der Waals surface area contributed by atoms with Crippen LogP contribution in [0.5, 0.6) is 11.8 Å². The molecule has 0 aliphatic rings. The smallest absolute Gasteiger partial charge is 0.343 e. The first kappa shape index (κ1) is 14.5. The Hall–Kier alpha value is -3.47. The van der Waals surface area contributed by atoms with E-state index < -0.39 is 0 Å². The van der Waals surface area contributed by atoms with E-state index in [9.17, 15) is 0 Å². The number of H-pyrrole nitrogens is 1. The number of anilines is 2. The third-order valence-corrected chi connectivity index (χ3v) is 2.92. The van der Waals surface area contributed by atoms with E-state index in [1.165, 1.54) is 6.20 Å². The highest BCUT2D eigenvalue weighted by Gasteiger charge is 2.05. The number of hydrogen-bond acceptors (Lipinski definition) is 7. The largest absolute Gasteiger partial charge is 0.423 e. The minimum absolute atomic E-state index is 0.121. The molecule has 0 spiro atoms. The number of aromatic nitrogens is 5. The molecule has 0 saturated heterocycles. The molecule has 2 heterocycles. The molecule has 0 amide bonds. The van der Waals surface area contributed by atoms with Crippen molar-refractivity contribution in [3.05, 3.63) is 47.8 Å². The monoisotopic (exact) mass is 307 g/mol. The molecule has 8 heteroatoms. The van der Waals surface area contributed by atoms with Crippen LogP contribution in [0.4, 0.5) is 11.6 Å². The molecule has 23 heavy (non-hydrogen) atoms. The summed E-state index contributed by atoms with van der Waals surface area (Å²) >= 11 is 0. The third-order valence-electron chi connectivity index (χ3n) is 2.92. The predicted molar refractivity (Wildman–Crippen MR) is 82.3 cm³/mol. The quantitative estimate of drug-likeness (QED) is 0.744. The van der Waals surface area contributed by atoms with Gasteiger partial charge in [0.25, 0.3) is 0 Å². The van der Waals surface area contributed by atoms with Crippen molar-refractivity contribution in [1.82, 2.24) is 25.4 Å². The molecule has 2 N–H and O–H groups in total. The maximum Gasteiger partial charge on any atom is 0.343 e. The fourth-order valence-electron chi connectivity index (χ4n) is 1.88. The number of nitrogens with one attached hydrogen (secondary N) is 2. The molecule has 0 aliphatic carbocycles. The summed E-state index contributed by atoms with van der Waals surface area (Å²) in [7, 11) is 0. The van der Waals surface area contributed by atoms with Crippen LogP contribution in [0.15, 0.2) is 36.5 Å². The standard InChI is InChI=1S/C15H13N7O/c1-10-8-13(21-20-10)18-14-9-17-22-15(19-14)23-12-4-2-11(3-5-12)6-7-16/h2-5,8-9H,6H2,1H3,(H2,18,19,20,21,22).